The van der Waals surface area contributed by atoms with E-state index in [0.717, 1.165) is 12.4 Å². The molecule has 2 rings (SSSR count). The Balaban J connectivity index is 1.81. The molecule has 1 aliphatic heterocycles. The van der Waals surface area contributed by atoms with E-state index in [2.05, 4.69) is 15.6 Å². The van der Waals surface area contributed by atoms with Gasteiger partial charge >= 0.3 is 0 Å². The fourth-order valence-electron chi connectivity index (χ4n) is 1.59. The summed E-state index contributed by atoms with van der Waals surface area (Å²) in [7, 11) is 1.90. The Kier molecular flexibility index (Phi) is 3.53. The molecule has 2 N–H and O–H groups in total. The number of nitrogens with one attached hydrogen (secondary N) is 2. The van der Waals surface area contributed by atoms with Gasteiger partial charge in [0, 0.05) is 26.0 Å². The molecule has 16 heavy (non-hydrogen) atoms. The van der Waals surface area contributed by atoms with Crippen molar-refractivity contribution in [3.63, 3.8) is 0 Å². The molecule has 1 saturated heterocycles. The predicted octanol–water partition coefficient (Wildman–Crippen LogP) is -0.975. The maximum atomic E-state index is 11.7. The van der Waals surface area contributed by atoms with Crippen molar-refractivity contribution >= 4 is 5.91 Å². The second kappa shape index (κ2) is 5.09. The predicted molar refractivity (Wildman–Crippen MR) is 57.7 cm³/mol. The monoisotopic (exact) mass is 224 g/mol. The molecule has 0 radical (unpaired) electrons. The van der Waals surface area contributed by atoms with E-state index >= 15 is 0 Å². The van der Waals surface area contributed by atoms with E-state index in [0.29, 0.717) is 19.8 Å². The minimum absolute atomic E-state index is 0.0392. The second-order valence-electron chi connectivity index (χ2n) is 3.75. The number of morpholine rings is 1. The molecule has 1 fully saturated rings. The van der Waals surface area contributed by atoms with Crippen molar-refractivity contribution in [2.75, 3.05) is 19.8 Å². The van der Waals surface area contributed by atoms with Crippen molar-refractivity contribution in [2.24, 2.45) is 7.05 Å². The van der Waals surface area contributed by atoms with Gasteiger partial charge in [-0.05, 0) is 0 Å². The van der Waals surface area contributed by atoms with Gasteiger partial charge in [-0.25, -0.2) is 4.98 Å². The molecule has 0 spiro atoms. The minimum Gasteiger partial charge on any atom is -0.378 e. The molecule has 1 unspecified atom stereocenters. The molecule has 0 aliphatic carbocycles. The number of aromatic nitrogens is 2. The third-order valence-corrected chi connectivity index (χ3v) is 2.58. The maximum absolute atomic E-state index is 11.7. The van der Waals surface area contributed by atoms with Crippen molar-refractivity contribution in [1.29, 1.82) is 0 Å². The highest BCUT2D eigenvalue weighted by Gasteiger charge is 2.20. The first-order valence-electron chi connectivity index (χ1n) is 5.32. The van der Waals surface area contributed by atoms with Crippen molar-refractivity contribution in [3.05, 3.63) is 18.2 Å². The van der Waals surface area contributed by atoms with Crippen LogP contribution in [0.25, 0.3) is 0 Å². The molecule has 1 aliphatic rings. The quantitative estimate of drug-likeness (QED) is 0.693. The lowest BCUT2D eigenvalue weighted by Gasteiger charge is -2.22. The molecule has 1 atom stereocenters. The van der Waals surface area contributed by atoms with E-state index in [-0.39, 0.29) is 11.9 Å². The highest BCUT2D eigenvalue weighted by molar-refractivity contribution is 5.81. The zero-order valence-corrected chi connectivity index (χ0v) is 9.27. The van der Waals surface area contributed by atoms with E-state index in [9.17, 15) is 4.79 Å². The van der Waals surface area contributed by atoms with Crippen molar-refractivity contribution in [1.82, 2.24) is 20.2 Å². The number of hydrogen-bond acceptors (Lipinski definition) is 4. The average molecular weight is 224 g/mol. The molecular formula is C10H16N4O2. The number of imidazole rings is 1. The van der Waals surface area contributed by atoms with Crippen LogP contribution in [0.15, 0.2) is 12.4 Å². The normalized spacial score (nSPS) is 20.7. The molecule has 2 heterocycles. The van der Waals surface area contributed by atoms with Gasteiger partial charge in [-0.15, -0.1) is 0 Å². The molecule has 6 heteroatoms. The third-order valence-electron chi connectivity index (χ3n) is 2.58. The Labute approximate surface area is 94.0 Å². The molecule has 1 amide bonds. The molecule has 6 nitrogen and oxygen atoms in total. The van der Waals surface area contributed by atoms with Gasteiger partial charge in [-0.2, -0.15) is 0 Å². The number of aryl methyl sites for hydroxylation is 1. The van der Waals surface area contributed by atoms with Crippen LogP contribution in [-0.4, -0.2) is 41.3 Å². The average Bonchev–Trinajstić information content (AvgIpc) is 2.73. The molecule has 1 aromatic rings. The fraction of sp³-hybridized carbons (Fsp3) is 0.600. The van der Waals surface area contributed by atoms with E-state index in [1.165, 1.54) is 0 Å². The number of carbonyl (C=O) groups excluding carboxylic acids is 1. The molecule has 0 saturated carbocycles. The summed E-state index contributed by atoms with van der Waals surface area (Å²) in [5, 5.41) is 5.93. The summed E-state index contributed by atoms with van der Waals surface area (Å²) >= 11 is 0. The maximum Gasteiger partial charge on any atom is 0.239 e. The molecule has 88 valence electrons. The third kappa shape index (κ3) is 2.59. The summed E-state index contributed by atoms with van der Waals surface area (Å²) in [5.74, 6) is 0.799. The highest BCUT2D eigenvalue weighted by atomic mass is 16.5. The highest BCUT2D eigenvalue weighted by Crippen LogP contribution is 1.96. The van der Waals surface area contributed by atoms with Crippen LogP contribution in [0.4, 0.5) is 0 Å². The number of rotatable bonds is 3. The van der Waals surface area contributed by atoms with E-state index in [1.807, 2.05) is 17.8 Å². The van der Waals surface area contributed by atoms with Crippen LogP contribution in [0.5, 0.6) is 0 Å². The smallest absolute Gasteiger partial charge is 0.239 e. The zero-order valence-electron chi connectivity index (χ0n) is 9.27. The summed E-state index contributed by atoms with van der Waals surface area (Å²) in [5.41, 5.74) is 0. The van der Waals surface area contributed by atoms with Gasteiger partial charge in [0.2, 0.25) is 5.91 Å². The van der Waals surface area contributed by atoms with Crippen LogP contribution in [0.2, 0.25) is 0 Å². The largest absolute Gasteiger partial charge is 0.378 e. The lowest BCUT2D eigenvalue weighted by Crippen LogP contribution is -2.51. The molecular weight excluding hydrogens is 208 g/mol. The zero-order chi connectivity index (χ0) is 11.4. The Morgan fingerprint density at radius 1 is 1.81 bits per heavy atom. The SMILES string of the molecule is Cn1ccnc1CNC(=O)C1COCCN1. The van der Waals surface area contributed by atoms with Crippen LogP contribution in [0, 0.1) is 0 Å². The van der Waals surface area contributed by atoms with Crippen molar-refractivity contribution in [3.8, 4) is 0 Å². The van der Waals surface area contributed by atoms with Gasteiger partial charge in [-0.1, -0.05) is 0 Å². The van der Waals surface area contributed by atoms with E-state index < -0.39 is 0 Å². The van der Waals surface area contributed by atoms with E-state index in [4.69, 9.17) is 4.74 Å². The number of hydrogen-bond donors (Lipinski definition) is 2. The lowest BCUT2D eigenvalue weighted by molar-refractivity contribution is -0.126. The molecule has 1 aromatic heterocycles. The van der Waals surface area contributed by atoms with Gasteiger partial charge in [-0.3, -0.25) is 4.79 Å². The van der Waals surface area contributed by atoms with Crippen LogP contribution in [0.3, 0.4) is 0 Å². The number of ether oxygens (including phenoxy) is 1. The van der Waals surface area contributed by atoms with Gasteiger partial charge < -0.3 is 19.9 Å². The first-order valence-corrected chi connectivity index (χ1v) is 5.32. The van der Waals surface area contributed by atoms with Gasteiger partial charge in [0.15, 0.2) is 0 Å². The summed E-state index contributed by atoms with van der Waals surface area (Å²) in [6, 6.07) is -0.242. The minimum atomic E-state index is -0.242. The van der Waals surface area contributed by atoms with Gasteiger partial charge in [0.05, 0.1) is 19.8 Å². The number of carbonyl (C=O) groups is 1. The molecule has 0 aromatic carbocycles. The second-order valence-corrected chi connectivity index (χ2v) is 3.75. The first-order chi connectivity index (χ1) is 7.77. The summed E-state index contributed by atoms with van der Waals surface area (Å²) in [4.78, 5) is 15.8. The standard InChI is InChI=1S/C10H16N4O2/c1-14-4-2-12-9(14)6-13-10(15)8-7-16-5-3-11-8/h2,4,8,11H,3,5-7H2,1H3,(H,13,15). The van der Waals surface area contributed by atoms with Crippen molar-refractivity contribution < 1.29 is 9.53 Å². The van der Waals surface area contributed by atoms with Gasteiger partial charge in [0.1, 0.15) is 11.9 Å². The summed E-state index contributed by atoms with van der Waals surface area (Å²) in [6.45, 7) is 2.27. The fourth-order valence-corrected chi connectivity index (χ4v) is 1.59. The van der Waals surface area contributed by atoms with E-state index in [1.54, 1.807) is 6.20 Å². The van der Waals surface area contributed by atoms with Gasteiger partial charge in [0.25, 0.3) is 0 Å². The van der Waals surface area contributed by atoms with Crippen LogP contribution in [-0.2, 0) is 23.1 Å². The number of amides is 1. The summed E-state index contributed by atoms with van der Waals surface area (Å²) < 4.78 is 7.10. The Hall–Kier alpha value is -1.40. The Morgan fingerprint density at radius 3 is 3.31 bits per heavy atom. The lowest BCUT2D eigenvalue weighted by atomic mass is 10.2. The molecule has 0 bridgehead atoms. The number of nitrogens with zero attached hydrogens (tertiary/aromatic N) is 2. The van der Waals surface area contributed by atoms with Crippen LogP contribution < -0.4 is 10.6 Å². The van der Waals surface area contributed by atoms with Crippen molar-refractivity contribution in [2.45, 2.75) is 12.6 Å². The Morgan fingerprint density at radius 2 is 2.69 bits per heavy atom. The topological polar surface area (TPSA) is 68.2 Å². The first kappa shape index (κ1) is 11.1. The Bertz CT molecular complexity index is 357. The van der Waals surface area contributed by atoms with Crippen LogP contribution in [0.1, 0.15) is 5.82 Å². The van der Waals surface area contributed by atoms with Crippen LogP contribution >= 0.6 is 0 Å². The summed E-state index contributed by atoms with van der Waals surface area (Å²) in [6.07, 6.45) is 3.56.